The number of hydrogen-bond acceptors (Lipinski definition) is 13. The molecule has 2 fully saturated rings. The molecular formula is C38H62N10O14S. The molecule has 0 aromatic carbocycles. The molecule has 7 atom stereocenters. The second kappa shape index (κ2) is 28.1. The first kappa shape index (κ1) is 53.4. The molecule has 0 aromatic rings. The molecule has 2 aliphatic heterocycles. The van der Waals surface area contributed by atoms with Gasteiger partial charge in [-0.1, -0.05) is 20.3 Å². The smallest absolute Gasteiger partial charge is 0.315 e. The summed E-state index contributed by atoms with van der Waals surface area (Å²) in [6, 6.07) is -4.09. The second-order valence-corrected chi connectivity index (χ2v) is 17.1. The van der Waals surface area contributed by atoms with Gasteiger partial charge in [0, 0.05) is 49.1 Å². The Morgan fingerprint density at radius 2 is 1.33 bits per heavy atom. The van der Waals surface area contributed by atoms with Crippen molar-refractivity contribution < 1.29 is 68.2 Å². The summed E-state index contributed by atoms with van der Waals surface area (Å²) in [6.45, 7) is 2.50. The van der Waals surface area contributed by atoms with E-state index in [9.17, 15) is 63.0 Å². The van der Waals surface area contributed by atoms with Crippen LogP contribution < -0.4 is 53.7 Å². The molecule has 10 amide bonds. The highest BCUT2D eigenvalue weighted by molar-refractivity contribution is 8.00. The largest absolute Gasteiger partial charge is 0.481 e. The number of hydrogen-bond donors (Lipinski definition) is 13. The highest BCUT2D eigenvalue weighted by atomic mass is 32.2. The minimum atomic E-state index is -1.58. The fourth-order valence-corrected chi connectivity index (χ4v) is 8.43. The van der Waals surface area contributed by atoms with E-state index in [2.05, 4.69) is 42.5 Å². The average molecular weight is 915 g/mol. The number of amides is 10. The Morgan fingerprint density at radius 3 is 1.95 bits per heavy atom. The zero-order valence-electron chi connectivity index (χ0n) is 35.5. The van der Waals surface area contributed by atoms with E-state index in [1.807, 2.05) is 11.8 Å². The fourth-order valence-electron chi connectivity index (χ4n) is 6.88. The predicted molar refractivity (Wildman–Crippen MR) is 223 cm³/mol. The van der Waals surface area contributed by atoms with Crippen LogP contribution in [0.4, 0.5) is 4.79 Å². The van der Waals surface area contributed by atoms with Gasteiger partial charge < -0.3 is 58.5 Å². The molecule has 63 heavy (non-hydrogen) atoms. The number of carboxylic acids is 2. The van der Waals surface area contributed by atoms with E-state index >= 15 is 0 Å². The molecule has 24 nitrogen and oxygen atoms in total. The number of thioether (sulfide) groups is 1. The maximum absolute atomic E-state index is 13.3. The Hall–Kier alpha value is -5.72. The lowest BCUT2D eigenvalue weighted by Gasteiger charge is -2.25. The fraction of sp³-hybridized carbons (Fsp3) is 0.711. The van der Waals surface area contributed by atoms with E-state index in [0.29, 0.717) is 37.5 Å². The molecule has 1 unspecified atom stereocenters. The van der Waals surface area contributed by atoms with Gasteiger partial charge in [0.05, 0.1) is 25.2 Å². The maximum Gasteiger partial charge on any atom is 0.315 e. The highest BCUT2D eigenvalue weighted by Crippen LogP contribution is 2.33. The van der Waals surface area contributed by atoms with Crippen molar-refractivity contribution in [3.63, 3.8) is 0 Å². The van der Waals surface area contributed by atoms with Gasteiger partial charge in [-0.2, -0.15) is 11.8 Å². The highest BCUT2D eigenvalue weighted by Gasteiger charge is 2.42. The number of carbonyl (C=O) groups is 11. The van der Waals surface area contributed by atoms with Crippen LogP contribution in [-0.2, 0) is 47.9 Å². The summed E-state index contributed by atoms with van der Waals surface area (Å²) in [7, 11) is 0. The zero-order valence-corrected chi connectivity index (χ0v) is 36.3. The number of urea groups is 1. The third-order valence-electron chi connectivity index (χ3n) is 10.1. The third-order valence-corrected chi connectivity index (χ3v) is 11.6. The monoisotopic (exact) mass is 914 g/mol. The van der Waals surface area contributed by atoms with Gasteiger partial charge in [-0.3, -0.25) is 53.2 Å². The van der Waals surface area contributed by atoms with E-state index in [0.717, 1.165) is 18.6 Å². The van der Waals surface area contributed by atoms with Crippen molar-refractivity contribution in [3.05, 3.63) is 0 Å². The van der Waals surface area contributed by atoms with E-state index in [4.69, 9.17) is 10.9 Å². The summed E-state index contributed by atoms with van der Waals surface area (Å²) in [6.07, 6.45) is 1.38. The van der Waals surface area contributed by atoms with Gasteiger partial charge in [-0.05, 0) is 57.3 Å². The standard InChI is InChI=1S/C38H62N10O14S/c1-20(2)15-21(16-28(50)48-62)35(58)44-24(11-13-32(55)56)37(60)45-23(10-12-31(53)54)36(59)42-17-29(51)41-18-30(52)43-22(34(39)57)7-5-6-14-40-27(49)9-4-3-8-26-33-25(19-63-26)46-38(61)47-33/h20-26,33,62H,3-19H2,1-2H3,(H2,39,57)(H,40,49)(H,41,51)(H,42,59)(H,43,52)(H,44,58)(H,45,60)(H,48,50)(H,53,54)(H,55,56)(H2,46,47,61)/t21?,22-,23-,24-,25-,26-,33-/m0/s1. The number of primary amides is 1. The van der Waals surface area contributed by atoms with E-state index < -0.39 is 123 Å². The van der Waals surface area contributed by atoms with Gasteiger partial charge in [0.15, 0.2) is 0 Å². The number of aliphatic carboxylic acids is 2. The lowest BCUT2D eigenvalue weighted by Crippen LogP contribution is -2.55. The van der Waals surface area contributed by atoms with Crippen LogP contribution in [0.3, 0.4) is 0 Å². The van der Waals surface area contributed by atoms with Crippen LogP contribution >= 0.6 is 11.8 Å². The number of rotatable bonds is 31. The first-order chi connectivity index (χ1) is 29.8. The Kier molecular flexibility index (Phi) is 23.8. The number of nitrogens with two attached hydrogens (primary N) is 1. The molecule has 0 spiro atoms. The average Bonchev–Trinajstić information content (AvgIpc) is 3.77. The number of unbranched alkanes of at least 4 members (excludes halogenated alkanes) is 2. The van der Waals surface area contributed by atoms with Crippen molar-refractivity contribution in [3.8, 4) is 0 Å². The summed E-state index contributed by atoms with van der Waals surface area (Å²) < 4.78 is 0. The second-order valence-electron chi connectivity index (χ2n) is 15.8. The van der Waals surface area contributed by atoms with Crippen molar-refractivity contribution >= 4 is 77.0 Å². The van der Waals surface area contributed by atoms with Gasteiger partial charge in [-0.25, -0.2) is 10.3 Å². The summed E-state index contributed by atoms with van der Waals surface area (Å²) in [5.74, 6) is -9.30. The molecule has 0 aliphatic carbocycles. The van der Waals surface area contributed by atoms with Crippen molar-refractivity contribution in [2.45, 2.75) is 133 Å². The van der Waals surface area contributed by atoms with E-state index in [1.54, 1.807) is 13.8 Å². The van der Waals surface area contributed by atoms with Crippen molar-refractivity contribution in [2.75, 3.05) is 25.4 Å². The van der Waals surface area contributed by atoms with Crippen LogP contribution in [0.25, 0.3) is 0 Å². The third kappa shape index (κ3) is 21.3. The molecule has 2 heterocycles. The SMILES string of the molecule is CC(C)CC(CC(=O)NO)C(=O)N[C@@H](CCC(=O)O)C(=O)N[C@@H](CCC(=O)O)C(=O)NCC(=O)NCC(=O)N[C@@H](CCCCNC(=O)CCCC[C@@H]1SC[C@@H]2NC(=O)N[C@@H]21)C(N)=O. The van der Waals surface area contributed by atoms with Crippen molar-refractivity contribution in [1.29, 1.82) is 0 Å². The molecule has 14 N–H and O–H groups in total. The molecule has 354 valence electrons. The van der Waals surface area contributed by atoms with Gasteiger partial charge in [0.2, 0.25) is 47.3 Å². The quantitative estimate of drug-likeness (QED) is 0.0148. The summed E-state index contributed by atoms with van der Waals surface area (Å²) in [5.41, 5.74) is 6.87. The van der Waals surface area contributed by atoms with Crippen LogP contribution in [0.2, 0.25) is 0 Å². The molecule has 25 heteroatoms. The number of hydroxylamine groups is 1. The number of nitrogens with one attached hydrogen (secondary N) is 9. The summed E-state index contributed by atoms with van der Waals surface area (Å²) in [4.78, 5) is 135. The van der Waals surface area contributed by atoms with Crippen molar-refractivity contribution in [1.82, 2.24) is 48.0 Å². The van der Waals surface area contributed by atoms with E-state index in [1.165, 1.54) is 5.48 Å². The zero-order chi connectivity index (χ0) is 47.1. The van der Waals surface area contributed by atoms with E-state index in [-0.39, 0.29) is 42.8 Å². The first-order valence-electron chi connectivity index (χ1n) is 20.8. The Labute approximate surface area is 368 Å². The lowest BCUT2D eigenvalue weighted by molar-refractivity contribution is -0.140. The maximum atomic E-state index is 13.3. The topological polar surface area (TPSA) is 383 Å². The van der Waals surface area contributed by atoms with Crippen molar-refractivity contribution in [2.24, 2.45) is 17.6 Å². The predicted octanol–water partition coefficient (Wildman–Crippen LogP) is -2.54. The van der Waals surface area contributed by atoms with Gasteiger partial charge in [-0.15, -0.1) is 0 Å². The minimum Gasteiger partial charge on any atom is -0.481 e. The molecule has 0 radical (unpaired) electrons. The first-order valence-corrected chi connectivity index (χ1v) is 21.9. The van der Waals surface area contributed by atoms with Crippen LogP contribution in [0.5, 0.6) is 0 Å². The molecule has 2 aliphatic rings. The number of carboxylic acid groups (broad SMARTS) is 2. The molecule has 2 saturated heterocycles. The summed E-state index contributed by atoms with van der Waals surface area (Å²) in [5, 5.41) is 47.9. The van der Waals surface area contributed by atoms with Gasteiger partial charge in [0.1, 0.15) is 18.1 Å². The molecule has 2 rings (SSSR count). The normalized spacial score (nSPS) is 18.2. The molecular weight excluding hydrogens is 853 g/mol. The Balaban J connectivity index is 1.80. The summed E-state index contributed by atoms with van der Waals surface area (Å²) >= 11 is 1.82. The number of fused-ring (bicyclic) bond motifs is 1. The van der Waals surface area contributed by atoms with Crippen LogP contribution in [-0.4, -0.2) is 141 Å². The van der Waals surface area contributed by atoms with Gasteiger partial charge in [0.25, 0.3) is 0 Å². The van der Waals surface area contributed by atoms with Crippen LogP contribution in [0.1, 0.15) is 97.3 Å². The van der Waals surface area contributed by atoms with Crippen LogP contribution in [0.15, 0.2) is 0 Å². The van der Waals surface area contributed by atoms with Crippen LogP contribution in [0, 0.1) is 11.8 Å². The Bertz CT molecular complexity index is 1650. The molecule has 0 aromatic heterocycles. The molecule has 0 saturated carbocycles. The van der Waals surface area contributed by atoms with Gasteiger partial charge >= 0.3 is 18.0 Å². The molecule has 0 bridgehead atoms. The minimum absolute atomic E-state index is 0.106. The lowest BCUT2D eigenvalue weighted by atomic mass is 9.92. The number of carbonyl (C=O) groups excluding carboxylic acids is 9. The Morgan fingerprint density at radius 1 is 0.698 bits per heavy atom.